The number of nitrogens with zero attached hydrogens (tertiary/aromatic N) is 4. The number of rotatable bonds is 7. The van der Waals surface area contributed by atoms with Crippen LogP contribution in [-0.2, 0) is 20.9 Å². The third-order valence-corrected chi connectivity index (χ3v) is 7.07. The third-order valence-electron chi connectivity index (χ3n) is 7.07. The summed E-state index contributed by atoms with van der Waals surface area (Å²) in [5.74, 6) is 1.12. The number of benzene rings is 2. The van der Waals surface area contributed by atoms with E-state index in [0.29, 0.717) is 60.8 Å². The van der Waals surface area contributed by atoms with E-state index >= 15 is 0 Å². The predicted octanol–water partition coefficient (Wildman–Crippen LogP) is 2.82. The van der Waals surface area contributed by atoms with Crippen LogP contribution in [-0.4, -0.2) is 62.5 Å². The van der Waals surface area contributed by atoms with E-state index in [1.165, 1.54) is 63.7 Å². The number of pyridine rings is 2. The number of carbonyl (C=O) groups excluding carboxylic acids is 2. The first-order valence-electron chi connectivity index (χ1n) is 13.7. The summed E-state index contributed by atoms with van der Waals surface area (Å²) < 4.78 is 49.7. The molecule has 2 aliphatic heterocycles. The van der Waals surface area contributed by atoms with Crippen molar-refractivity contribution in [3.05, 3.63) is 98.6 Å². The lowest BCUT2D eigenvalue weighted by Gasteiger charge is -2.30. The van der Waals surface area contributed by atoms with Crippen molar-refractivity contribution in [2.75, 3.05) is 50.2 Å². The summed E-state index contributed by atoms with van der Waals surface area (Å²) in [6.45, 7) is 2.48. The zero-order valence-electron chi connectivity index (χ0n) is 24.3. The molecule has 0 bridgehead atoms. The van der Waals surface area contributed by atoms with Gasteiger partial charge in [0.2, 0.25) is 0 Å². The van der Waals surface area contributed by atoms with Crippen molar-refractivity contribution in [1.29, 1.82) is 0 Å². The van der Waals surface area contributed by atoms with Gasteiger partial charge in [-0.1, -0.05) is 0 Å². The van der Waals surface area contributed by atoms with Gasteiger partial charge >= 0.3 is 0 Å². The lowest BCUT2D eigenvalue weighted by Crippen LogP contribution is -2.36. The Labute approximate surface area is 255 Å². The van der Waals surface area contributed by atoms with E-state index in [9.17, 15) is 28.0 Å². The van der Waals surface area contributed by atoms with Crippen molar-refractivity contribution in [3.63, 3.8) is 0 Å². The fourth-order valence-corrected chi connectivity index (χ4v) is 4.95. The lowest BCUT2D eigenvalue weighted by molar-refractivity contribution is -0.129. The molecule has 0 atom stereocenters. The highest BCUT2D eigenvalue weighted by Crippen LogP contribution is 2.34. The van der Waals surface area contributed by atoms with E-state index < -0.39 is 11.4 Å². The van der Waals surface area contributed by atoms with Crippen LogP contribution in [0.1, 0.15) is 5.56 Å². The number of ether oxygens (including phenoxy) is 4. The standard InChI is InChI=1S/C16H15FN2O4.C15H13FN2O4/c1-18-6-7-23-14-8-11(9-22-10-20)16(21)19(15(14)18)13-4-2-12(17)3-5-13;1-17-6-7-21-12-8-13(22-9-19)15(20)18(14(12)17)11-4-2-10(16)3-5-11/h2-5,8,10H,6-7,9H2,1H3;2-5,8-9H,6-7H2,1H3. The number of hydrogen-bond donors (Lipinski definition) is 0. The molecule has 0 amide bonds. The molecule has 0 unspecified atom stereocenters. The Balaban J connectivity index is 0.000000178. The highest BCUT2D eigenvalue weighted by molar-refractivity contribution is 5.62. The van der Waals surface area contributed by atoms with E-state index in [-0.39, 0.29) is 42.2 Å². The van der Waals surface area contributed by atoms with Gasteiger partial charge in [0.1, 0.15) is 31.5 Å². The number of hydrogen-bond acceptors (Lipinski definition) is 10. The number of halogens is 2. The molecular weight excluding hydrogens is 594 g/mol. The maximum Gasteiger partial charge on any atom is 0.300 e. The largest absolute Gasteiger partial charge is 0.488 e. The highest BCUT2D eigenvalue weighted by atomic mass is 19.1. The molecule has 0 fully saturated rings. The van der Waals surface area contributed by atoms with E-state index in [0.717, 1.165) is 0 Å². The van der Waals surface area contributed by atoms with Crippen molar-refractivity contribution in [2.45, 2.75) is 6.61 Å². The normalized spacial score (nSPS) is 13.2. The van der Waals surface area contributed by atoms with Gasteiger partial charge in [0.25, 0.3) is 24.1 Å². The van der Waals surface area contributed by atoms with Crippen LogP contribution in [0.4, 0.5) is 20.4 Å². The molecule has 12 nitrogen and oxygen atoms in total. The molecule has 4 heterocycles. The molecular formula is C31H28F2N4O8. The fourth-order valence-electron chi connectivity index (χ4n) is 4.95. The Hall–Kier alpha value is -5.66. The molecule has 2 aromatic heterocycles. The third kappa shape index (κ3) is 6.34. The topological polar surface area (TPSA) is 122 Å². The van der Waals surface area contributed by atoms with Crippen LogP contribution >= 0.6 is 0 Å². The first-order chi connectivity index (χ1) is 21.7. The number of carbonyl (C=O) groups is 2. The van der Waals surface area contributed by atoms with Gasteiger partial charge in [-0.05, 0) is 54.6 Å². The molecule has 6 rings (SSSR count). The second-order valence-corrected chi connectivity index (χ2v) is 9.95. The minimum Gasteiger partial charge on any atom is -0.488 e. The van der Waals surface area contributed by atoms with Crippen LogP contribution in [0.25, 0.3) is 11.4 Å². The predicted molar refractivity (Wildman–Crippen MR) is 159 cm³/mol. The smallest absolute Gasteiger partial charge is 0.300 e. The van der Waals surface area contributed by atoms with E-state index in [2.05, 4.69) is 0 Å². The monoisotopic (exact) mass is 622 g/mol. The molecule has 14 heteroatoms. The summed E-state index contributed by atoms with van der Waals surface area (Å²) in [5.41, 5.74) is 0.397. The average Bonchev–Trinajstić information content (AvgIpc) is 3.03. The Bertz CT molecular complexity index is 1820. The van der Waals surface area contributed by atoms with Crippen LogP contribution in [0, 0.1) is 11.6 Å². The van der Waals surface area contributed by atoms with E-state index in [1.54, 1.807) is 6.07 Å². The summed E-state index contributed by atoms with van der Waals surface area (Å²) in [5, 5.41) is 0. The zero-order valence-corrected chi connectivity index (χ0v) is 24.3. The molecule has 0 radical (unpaired) electrons. The van der Waals surface area contributed by atoms with Crippen molar-refractivity contribution in [1.82, 2.24) is 9.13 Å². The molecule has 2 aliphatic rings. The molecule has 0 saturated carbocycles. The molecule has 0 spiro atoms. The van der Waals surface area contributed by atoms with Gasteiger partial charge in [-0.15, -0.1) is 0 Å². The van der Waals surface area contributed by atoms with Gasteiger partial charge < -0.3 is 28.7 Å². The molecule has 234 valence electrons. The summed E-state index contributed by atoms with van der Waals surface area (Å²) in [6.07, 6.45) is 0. The zero-order chi connectivity index (χ0) is 32.1. The summed E-state index contributed by atoms with van der Waals surface area (Å²) >= 11 is 0. The quantitative estimate of drug-likeness (QED) is 0.285. The van der Waals surface area contributed by atoms with Crippen LogP contribution in [0.15, 0.2) is 70.3 Å². The SMILES string of the molecule is CN1CCOc2cc(COC=O)c(=O)n(-c3ccc(F)cc3)c21.CN1CCOc2cc(OC=O)c(=O)n(-c3ccc(F)cc3)c21. The molecule has 0 N–H and O–H groups in total. The van der Waals surface area contributed by atoms with Crippen LogP contribution < -0.4 is 35.1 Å². The summed E-state index contributed by atoms with van der Waals surface area (Å²) in [4.78, 5) is 50.1. The van der Waals surface area contributed by atoms with Gasteiger partial charge in [-0.3, -0.25) is 28.3 Å². The number of fused-ring (bicyclic) bond motifs is 2. The van der Waals surface area contributed by atoms with Crippen molar-refractivity contribution in [3.8, 4) is 28.6 Å². The Kier molecular flexibility index (Phi) is 9.12. The minimum absolute atomic E-state index is 0.145. The molecule has 45 heavy (non-hydrogen) atoms. The summed E-state index contributed by atoms with van der Waals surface area (Å²) in [6, 6.07) is 14.0. The maximum atomic E-state index is 13.2. The first-order valence-corrected chi connectivity index (χ1v) is 13.7. The Morgan fingerprint density at radius 2 is 1.22 bits per heavy atom. The second-order valence-electron chi connectivity index (χ2n) is 9.95. The molecule has 4 aromatic rings. The van der Waals surface area contributed by atoms with Crippen molar-refractivity contribution >= 4 is 24.6 Å². The average molecular weight is 623 g/mol. The van der Waals surface area contributed by atoms with Crippen LogP contribution in [0.3, 0.4) is 0 Å². The van der Waals surface area contributed by atoms with Crippen molar-refractivity contribution < 1.29 is 37.3 Å². The molecule has 0 aliphatic carbocycles. The Morgan fingerprint density at radius 1 is 0.733 bits per heavy atom. The van der Waals surface area contributed by atoms with Gasteiger partial charge in [-0.2, -0.15) is 0 Å². The Morgan fingerprint density at radius 3 is 1.71 bits per heavy atom. The minimum atomic E-state index is -0.519. The molecule has 2 aromatic carbocycles. The van der Waals surface area contributed by atoms with Gasteiger partial charge in [-0.25, -0.2) is 8.78 Å². The second kappa shape index (κ2) is 13.3. The van der Waals surface area contributed by atoms with Gasteiger partial charge in [0, 0.05) is 20.2 Å². The maximum absolute atomic E-state index is 13.2. The first kappa shape index (κ1) is 30.8. The van der Waals surface area contributed by atoms with E-state index in [4.69, 9.17) is 18.9 Å². The number of aromatic nitrogens is 2. The fraction of sp³-hybridized carbons (Fsp3) is 0.226. The van der Waals surface area contributed by atoms with Crippen LogP contribution in [0.5, 0.6) is 17.2 Å². The summed E-state index contributed by atoms with van der Waals surface area (Å²) in [7, 11) is 3.67. The number of anilines is 2. The van der Waals surface area contributed by atoms with Crippen LogP contribution in [0.2, 0.25) is 0 Å². The van der Waals surface area contributed by atoms with E-state index in [1.807, 2.05) is 23.9 Å². The molecule has 0 saturated heterocycles. The van der Waals surface area contributed by atoms with Gasteiger partial charge in [0.15, 0.2) is 28.9 Å². The number of likely N-dealkylation sites (N-methyl/N-ethyl adjacent to an activating group) is 2. The van der Waals surface area contributed by atoms with Crippen molar-refractivity contribution in [2.24, 2.45) is 0 Å². The lowest BCUT2D eigenvalue weighted by atomic mass is 10.2. The highest BCUT2D eigenvalue weighted by Gasteiger charge is 2.25. The van der Waals surface area contributed by atoms with Gasteiger partial charge in [0.05, 0.1) is 30.0 Å².